The second kappa shape index (κ2) is 7.15. The maximum Gasteiger partial charge on any atom is 0.303 e. The van der Waals surface area contributed by atoms with Crippen LogP contribution in [0, 0.1) is 0 Å². The number of rotatable bonds is 5. The van der Waals surface area contributed by atoms with Gasteiger partial charge in [-0.2, -0.15) is 0 Å². The number of aryl methyl sites for hydroxylation is 1. The number of anilines is 2. The van der Waals surface area contributed by atoms with Gasteiger partial charge in [-0.3, -0.25) is 9.59 Å². The fourth-order valence-electron chi connectivity index (χ4n) is 2.69. The van der Waals surface area contributed by atoms with Crippen LogP contribution in [0.2, 0.25) is 0 Å². The molecule has 120 valence electrons. The lowest BCUT2D eigenvalue weighted by Crippen LogP contribution is -2.48. The number of nitrogens with two attached hydrogens (primary N) is 1. The molecule has 0 bridgehead atoms. The molecule has 0 spiro atoms. The average molecular weight is 305 g/mol. The molecule has 1 aliphatic heterocycles. The zero-order chi connectivity index (χ0) is 16.1. The molecule has 6 heteroatoms. The van der Waals surface area contributed by atoms with E-state index in [9.17, 15) is 9.59 Å². The molecular formula is C16H23N3O3. The van der Waals surface area contributed by atoms with Gasteiger partial charge in [0, 0.05) is 44.0 Å². The molecule has 2 rings (SSSR count). The molecule has 1 amide bonds. The van der Waals surface area contributed by atoms with Crippen molar-refractivity contribution in [1.29, 1.82) is 0 Å². The summed E-state index contributed by atoms with van der Waals surface area (Å²) >= 11 is 0. The van der Waals surface area contributed by atoms with E-state index in [0.717, 1.165) is 36.4 Å². The van der Waals surface area contributed by atoms with Crippen molar-refractivity contribution in [2.75, 3.05) is 36.8 Å². The third kappa shape index (κ3) is 3.90. The largest absolute Gasteiger partial charge is 0.481 e. The Balaban J connectivity index is 1.90. The van der Waals surface area contributed by atoms with E-state index in [1.807, 2.05) is 6.07 Å². The van der Waals surface area contributed by atoms with E-state index in [2.05, 4.69) is 24.0 Å². The van der Waals surface area contributed by atoms with E-state index in [-0.39, 0.29) is 18.7 Å². The van der Waals surface area contributed by atoms with Crippen LogP contribution in [0.15, 0.2) is 18.2 Å². The van der Waals surface area contributed by atoms with Gasteiger partial charge >= 0.3 is 5.97 Å². The minimum Gasteiger partial charge on any atom is -0.481 e. The van der Waals surface area contributed by atoms with E-state index in [0.29, 0.717) is 13.1 Å². The van der Waals surface area contributed by atoms with Crippen LogP contribution in [0.5, 0.6) is 0 Å². The molecule has 0 unspecified atom stereocenters. The summed E-state index contributed by atoms with van der Waals surface area (Å²) in [5.74, 6) is -1.01. The van der Waals surface area contributed by atoms with Crippen molar-refractivity contribution in [3.8, 4) is 0 Å². The van der Waals surface area contributed by atoms with Crippen LogP contribution in [-0.2, 0) is 16.0 Å². The van der Waals surface area contributed by atoms with Gasteiger partial charge in [0.2, 0.25) is 5.91 Å². The molecule has 3 N–H and O–H groups in total. The highest BCUT2D eigenvalue weighted by Crippen LogP contribution is 2.23. The van der Waals surface area contributed by atoms with E-state index < -0.39 is 5.97 Å². The Morgan fingerprint density at radius 3 is 2.41 bits per heavy atom. The molecule has 22 heavy (non-hydrogen) atoms. The van der Waals surface area contributed by atoms with Gasteiger partial charge in [-0.1, -0.05) is 13.0 Å². The van der Waals surface area contributed by atoms with Crippen molar-refractivity contribution < 1.29 is 14.7 Å². The predicted molar refractivity (Wildman–Crippen MR) is 85.9 cm³/mol. The van der Waals surface area contributed by atoms with E-state index in [1.165, 1.54) is 0 Å². The molecule has 0 atom stereocenters. The van der Waals surface area contributed by atoms with Gasteiger partial charge in [-0.05, 0) is 24.1 Å². The number of nitrogen functional groups attached to an aromatic ring is 1. The van der Waals surface area contributed by atoms with Gasteiger partial charge in [0.05, 0.1) is 6.42 Å². The summed E-state index contributed by atoms with van der Waals surface area (Å²) in [5.41, 5.74) is 9.06. The van der Waals surface area contributed by atoms with Crippen molar-refractivity contribution in [1.82, 2.24) is 4.90 Å². The summed E-state index contributed by atoms with van der Waals surface area (Å²) < 4.78 is 0. The molecule has 6 nitrogen and oxygen atoms in total. The van der Waals surface area contributed by atoms with E-state index in [4.69, 9.17) is 10.8 Å². The van der Waals surface area contributed by atoms with Gasteiger partial charge in [-0.15, -0.1) is 0 Å². The monoisotopic (exact) mass is 305 g/mol. The maximum atomic E-state index is 11.9. The number of nitrogens with zero attached hydrogens (tertiary/aromatic N) is 2. The molecule has 0 radical (unpaired) electrons. The van der Waals surface area contributed by atoms with Crippen molar-refractivity contribution in [2.24, 2.45) is 0 Å². The number of hydrogen-bond donors (Lipinski definition) is 2. The minimum absolute atomic E-state index is 0.0769. The van der Waals surface area contributed by atoms with Gasteiger partial charge in [0.15, 0.2) is 0 Å². The summed E-state index contributed by atoms with van der Waals surface area (Å²) in [4.78, 5) is 26.4. The van der Waals surface area contributed by atoms with Gasteiger partial charge in [0.25, 0.3) is 0 Å². The van der Waals surface area contributed by atoms with Crippen LogP contribution in [-0.4, -0.2) is 48.1 Å². The number of carboxylic acids is 1. The average Bonchev–Trinajstić information content (AvgIpc) is 2.52. The predicted octanol–water partition coefficient (Wildman–Crippen LogP) is 1.34. The number of carboxylic acid groups (broad SMARTS) is 1. The summed E-state index contributed by atoms with van der Waals surface area (Å²) in [5, 5.41) is 8.63. The molecule has 1 aromatic carbocycles. The molecular weight excluding hydrogens is 282 g/mol. The normalized spacial score (nSPS) is 15.0. The molecule has 1 saturated heterocycles. The molecule has 0 aliphatic carbocycles. The van der Waals surface area contributed by atoms with Crippen molar-refractivity contribution in [3.63, 3.8) is 0 Å². The number of carbonyl (C=O) groups is 2. The Hall–Kier alpha value is -2.24. The summed E-state index contributed by atoms with van der Waals surface area (Å²) in [6.45, 7) is 4.79. The lowest BCUT2D eigenvalue weighted by atomic mass is 10.1. The molecule has 0 aromatic heterocycles. The molecule has 0 saturated carbocycles. The fourth-order valence-corrected chi connectivity index (χ4v) is 2.69. The van der Waals surface area contributed by atoms with Crippen LogP contribution in [0.25, 0.3) is 0 Å². The second-order valence-corrected chi connectivity index (χ2v) is 5.50. The Kier molecular flexibility index (Phi) is 5.25. The topological polar surface area (TPSA) is 86.9 Å². The van der Waals surface area contributed by atoms with E-state index >= 15 is 0 Å². The third-order valence-corrected chi connectivity index (χ3v) is 4.06. The van der Waals surface area contributed by atoms with Crippen LogP contribution >= 0.6 is 0 Å². The first-order chi connectivity index (χ1) is 10.5. The first-order valence-electron chi connectivity index (χ1n) is 7.64. The highest BCUT2D eigenvalue weighted by molar-refractivity contribution is 5.81. The van der Waals surface area contributed by atoms with Crippen molar-refractivity contribution in [3.05, 3.63) is 23.8 Å². The highest BCUT2D eigenvalue weighted by atomic mass is 16.4. The SMILES string of the molecule is CCc1ccc(N2CCN(C(=O)CCC(=O)O)CC2)cc1N. The van der Waals surface area contributed by atoms with Crippen molar-refractivity contribution in [2.45, 2.75) is 26.2 Å². The standard InChI is InChI=1S/C16H23N3O3/c1-2-12-3-4-13(11-14(12)17)18-7-9-19(10-8-18)15(20)5-6-16(21)22/h3-4,11H,2,5-10,17H2,1H3,(H,21,22). The Labute approximate surface area is 130 Å². The smallest absolute Gasteiger partial charge is 0.303 e. The lowest BCUT2D eigenvalue weighted by molar-refractivity contribution is -0.141. The summed E-state index contributed by atoms with van der Waals surface area (Å²) in [7, 11) is 0. The Morgan fingerprint density at radius 2 is 1.86 bits per heavy atom. The van der Waals surface area contributed by atoms with Gasteiger partial charge in [-0.25, -0.2) is 0 Å². The summed E-state index contributed by atoms with van der Waals surface area (Å²) in [6, 6.07) is 6.10. The van der Waals surface area contributed by atoms with Gasteiger partial charge < -0.3 is 20.6 Å². The zero-order valence-electron chi connectivity index (χ0n) is 12.9. The Morgan fingerprint density at radius 1 is 1.18 bits per heavy atom. The molecule has 1 aromatic rings. The lowest BCUT2D eigenvalue weighted by Gasteiger charge is -2.36. The number of carbonyl (C=O) groups excluding carboxylic acids is 1. The maximum absolute atomic E-state index is 11.9. The number of hydrogen-bond acceptors (Lipinski definition) is 4. The van der Waals surface area contributed by atoms with Crippen LogP contribution in [0.1, 0.15) is 25.3 Å². The second-order valence-electron chi connectivity index (χ2n) is 5.50. The first-order valence-corrected chi connectivity index (χ1v) is 7.64. The number of amides is 1. The Bertz CT molecular complexity index is 552. The third-order valence-electron chi connectivity index (χ3n) is 4.06. The zero-order valence-corrected chi connectivity index (χ0v) is 12.9. The summed E-state index contributed by atoms with van der Waals surface area (Å²) in [6.07, 6.45) is 0.888. The van der Waals surface area contributed by atoms with Crippen LogP contribution in [0.3, 0.4) is 0 Å². The highest BCUT2D eigenvalue weighted by Gasteiger charge is 2.21. The molecule has 1 fully saturated rings. The quantitative estimate of drug-likeness (QED) is 0.802. The van der Waals surface area contributed by atoms with Gasteiger partial charge in [0.1, 0.15) is 0 Å². The van der Waals surface area contributed by atoms with Crippen molar-refractivity contribution >= 4 is 23.3 Å². The minimum atomic E-state index is -0.932. The number of aliphatic carboxylic acids is 1. The molecule has 1 aliphatic rings. The number of piperazine rings is 1. The molecule has 1 heterocycles. The van der Waals surface area contributed by atoms with Crippen LogP contribution in [0.4, 0.5) is 11.4 Å². The fraction of sp³-hybridized carbons (Fsp3) is 0.500. The van der Waals surface area contributed by atoms with E-state index in [1.54, 1.807) is 4.90 Å². The van der Waals surface area contributed by atoms with Crippen LogP contribution < -0.4 is 10.6 Å². The first kappa shape index (κ1) is 16.1. The number of benzene rings is 1.